The fourth-order valence-electron chi connectivity index (χ4n) is 6.12. The molecule has 0 aromatic heterocycles. The zero-order valence-electron chi connectivity index (χ0n) is 29.4. The third-order valence-electron chi connectivity index (χ3n) is 8.93. The number of nitrogens with one attached hydrogen (secondary N) is 5. The van der Waals surface area contributed by atoms with Crippen LogP contribution in [0.3, 0.4) is 0 Å². The molecule has 4 rings (SSSR count). The van der Waals surface area contributed by atoms with E-state index >= 15 is 0 Å². The van der Waals surface area contributed by atoms with E-state index in [1.165, 1.54) is 35.2 Å². The number of Topliss-reactive ketones (excluding diaryl/α,β-unsaturated/α-hetero) is 1. The largest absolute Gasteiger partial charge is 0.508 e. The number of phenolic OH excluding ortho intramolecular Hbond substituents is 1. The molecule has 18 heteroatoms. The number of phenols is 1. The predicted octanol–water partition coefficient (Wildman–Crippen LogP) is -2.46. The molecule has 0 radical (unpaired) electrons. The maximum Gasteiger partial charge on any atom is 0.290 e. The van der Waals surface area contributed by atoms with E-state index in [0.29, 0.717) is 12.0 Å². The molecule has 6 amide bonds. The number of aromatic hydroxyl groups is 1. The molecule has 11 N–H and O–H groups in total. The van der Waals surface area contributed by atoms with Gasteiger partial charge in [-0.3, -0.25) is 38.6 Å². The molecule has 288 valence electrons. The summed E-state index contributed by atoms with van der Waals surface area (Å²) in [6, 6.07) is 7.59. The van der Waals surface area contributed by atoms with Crippen molar-refractivity contribution in [1.82, 2.24) is 31.5 Å². The van der Waals surface area contributed by atoms with Crippen LogP contribution in [0.15, 0.2) is 71.7 Å². The highest BCUT2D eigenvalue weighted by molar-refractivity contribution is 6.38. The summed E-state index contributed by atoms with van der Waals surface area (Å²) < 4.78 is 0. The Morgan fingerprint density at radius 3 is 2.37 bits per heavy atom. The minimum atomic E-state index is -1.48. The smallest absolute Gasteiger partial charge is 0.290 e. The van der Waals surface area contributed by atoms with Crippen LogP contribution in [0.4, 0.5) is 0 Å². The zero-order chi connectivity index (χ0) is 39.2. The van der Waals surface area contributed by atoms with Crippen LogP contribution in [-0.2, 0) is 40.0 Å². The first-order valence-corrected chi connectivity index (χ1v) is 17.4. The lowest BCUT2D eigenvalue weighted by atomic mass is 9.99. The van der Waals surface area contributed by atoms with Gasteiger partial charge < -0.3 is 53.2 Å². The highest BCUT2D eigenvalue weighted by Crippen LogP contribution is 2.22. The number of carbonyl (C=O) groups excluding carboxylic acids is 7. The van der Waals surface area contributed by atoms with Gasteiger partial charge in [0.2, 0.25) is 35.8 Å². The summed E-state index contributed by atoms with van der Waals surface area (Å²) in [4.78, 5) is 98.3. The third-order valence-corrected chi connectivity index (χ3v) is 8.93. The molecule has 2 heterocycles. The van der Waals surface area contributed by atoms with Crippen LogP contribution in [0.1, 0.15) is 42.9 Å². The van der Waals surface area contributed by atoms with Gasteiger partial charge in [0.05, 0.1) is 12.1 Å². The number of ketones is 1. The summed E-state index contributed by atoms with van der Waals surface area (Å²) in [6.45, 7) is -0.177. The van der Waals surface area contributed by atoms with E-state index in [4.69, 9.17) is 11.5 Å². The molecule has 0 saturated carbocycles. The van der Waals surface area contributed by atoms with E-state index in [9.17, 15) is 43.8 Å². The number of rotatable bonds is 10. The highest BCUT2D eigenvalue weighted by Gasteiger charge is 2.39. The first-order valence-electron chi connectivity index (χ1n) is 17.4. The van der Waals surface area contributed by atoms with Gasteiger partial charge in [0.1, 0.15) is 30.0 Å². The molecule has 0 spiro atoms. The number of fused-ring (bicyclic) bond motifs is 1. The maximum absolute atomic E-state index is 14.0. The van der Waals surface area contributed by atoms with E-state index in [1.807, 2.05) is 0 Å². The Morgan fingerprint density at radius 2 is 1.69 bits per heavy atom. The summed E-state index contributed by atoms with van der Waals surface area (Å²) in [6.07, 6.45) is 1.62. The van der Waals surface area contributed by atoms with Crippen LogP contribution in [0, 0.1) is 0 Å². The van der Waals surface area contributed by atoms with Crippen molar-refractivity contribution < 1.29 is 43.8 Å². The van der Waals surface area contributed by atoms with Gasteiger partial charge in [-0.15, -0.1) is 0 Å². The molecule has 0 aliphatic carbocycles. The second-order valence-corrected chi connectivity index (χ2v) is 12.8. The van der Waals surface area contributed by atoms with Crippen LogP contribution in [0.25, 0.3) is 0 Å². The summed E-state index contributed by atoms with van der Waals surface area (Å²) >= 11 is 0. The number of nitrogens with two attached hydrogens (primary N) is 2. The Hall–Kier alpha value is -6.30. The third kappa shape index (κ3) is 11.3. The van der Waals surface area contributed by atoms with Gasteiger partial charge in [-0.2, -0.15) is 0 Å². The molecule has 18 nitrogen and oxygen atoms in total. The maximum atomic E-state index is 14.0. The Balaban J connectivity index is 1.74. The molecule has 2 aromatic carbocycles. The quantitative estimate of drug-likeness (QED) is 0.0404. The van der Waals surface area contributed by atoms with Crippen LogP contribution in [0.2, 0.25) is 0 Å². The molecule has 1 fully saturated rings. The number of nitrogens with zero attached hydrogens (tertiary/aromatic N) is 2. The normalized spacial score (nSPS) is 23.6. The van der Waals surface area contributed by atoms with E-state index < -0.39 is 71.6 Å². The van der Waals surface area contributed by atoms with Gasteiger partial charge in [-0.1, -0.05) is 48.5 Å². The lowest BCUT2D eigenvalue weighted by Gasteiger charge is -2.29. The van der Waals surface area contributed by atoms with Crippen LogP contribution < -0.4 is 38.1 Å². The first-order chi connectivity index (χ1) is 25.9. The Labute approximate surface area is 310 Å². The number of amides is 6. The van der Waals surface area contributed by atoms with Gasteiger partial charge in [-0.05, 0) is 48.9 Å². The number of aliphatic hydroxyl groups excluding tert-OH is 1. The first kappa shape index (κ1) is 40.5. The van der Waals surface area contributed by atoms with E-state index in [2.05, 4.69) is 31.6 Å². The summed E-state index contributed by atoms with van der Waals surface area (Å²) in [5.74, 6) is -5.55. The van der Waals surface area contributed by atoms with Crippen molar-refractivity contribution >= 4 is 47.7 Å². The SMILES string of the molecule is NC(N)=NCCCC1NC(=O)C2CCCN2C(=O)C(NC=O)CNC(=O)C=CC(C(O)c2ccc(O)cc2)NC(=O)C(Cc2ccccc2)NC(=O)C1=O. The lowest BCUT2D eigenvalue weighted by Crippen LogP contribution is -2.58. The standard InChI is InChI=1S/C36H45N9O9/c37-36(38)39-16-4-8-24-31(50)34(53)44-26(18-21-6-2-1-3-7-21)32(51)42-25(30(49)22-10-12-23(47)13-11-22)14-15-29(48)40-19-27(41-20-46)35(54)45-17-5-9-28(45)33(52)43-24/h1-3,6-7,10-15,20,24-28,30,47,49H,4-5,8-9,16-19H2,(H,40,48)(H,41,46)(H,42,51)(H,43,52)(H,44,53)(H4,37,38,39). The molecule has 54 heavy (non-hydrogen) atoms. The molecule has 6 unspecified atom stereocenters. The number of benzene rings is 2. The summed E-state index contributed by atoms with van der Waals surface area (Å²) in [7, 11) is 0. The molecular weight excluding hydrogens is 702 g/mol. The van der Waals surface area contributed by atoms with Crippen LogP contribution in [-0.4, -0.2) is 113 Å². The predicted molar refractivity (Wildman–Crippen MR) is 194 cm³/mol. The number of hydrogen-bond donors (Lipinski definition) is 9. The molecular formula is C36H45N9O9. The molecule has 2 aromatic rings. The topological polar surface area (TPSA) is 288 Å². The molecule has 1 saturated heterocycles. The molecule has 2 aliphatic rings. The molecule has 0 bridgehead atoms. The van der Waals surface area contributed by atoms with E-state index in [0.717, 1.165) is 6.08 Å². The fraction of sp³-hybridized carbons (Fsp3) is 0.389. The van der Waals surface area contributed by atoms with E-state index in [-0.39, 0.29) is 69.0 Å². The number of aliphatic hydroxyl groups is 1. The fourth-order valence-corrected chi connectivity index (χ4v) is 6.12. The lowest BCUT2D eigenvalue weighted by molar-refractivity contribution is -0.143. The molecule has 6 atom stereocenters. The van der Waals surface area contributed by atoms with Gasteiger partial charge >= 0.3 is 0 Å². The average Bonchev–Trinajstić information content (AvgIpc) is 3.65. The van der Waals surface area contributed by atoms with Crippen LogP contribution >= 0.6 is 0 Å². The van der Waals surface area contributed by atoms with Crippen molar-refractivity contribution in [3.8, 4) is 5.75 Å². The zero-order valence-corrected chi connectivity index (χ0v) is 29.4. The summed E-state index contributed by atoms with van der Waals surface area (Å²) in [5.41, 5.74) is 11.7. The number of carbonyl (C=O) groups is 7. The van der Waals surface area contributed by atoms with Crippen molar-refractivity contribution in [1.29, 1.82) is 0 Å². The monoisotopic (exact) mass is 747 g/mol. The molecule has 2 aliphatic heterocycles. The van der Waals surface area contributed by atoms with Gasteiger partial charge in [0.25, 0.3) is 5.91 Å². The Kier molecular flexibility index (Phi) is 14.6. The van der Waals surface area contributed by atoms with Gasteiger partial charge in [0, 0.05) is 32.1 Å². The second-order valence-electron chi connectivity index (χ2n) is 12.8. The number of hydrogen-bond acceptors (Lipinski definition) is 10. The number of guanidine groups is 1. The van der Waals surface area contributed by atoms with Crippen molar-refractivity contribution in [3.63, 3.8) is 0 Å². The van der Waals surface area contributed by atoms with E-state index in [1.54, 1.807) is 30.3 Å². The number of aliphatic imine (C=N–C) groups is 1. The Morgan fingerprint density at radius 1 is 0.963 bits per heavy atom. The van der Waals surface area contributed by atoms with Crippen molar-refractivity contribution in [2.24, 2.45) is 16.5 Å². The highest BCUT2D eigenvalue weighted by atomic mass is 16.3. The van der Waals surface area contributed by atoms with Gasteiger partial charge in [0.15, 0.2) is 5.96 Å². The summed E-state index contributed by atoms with van der Waals surface area (Å²) in [5, 5.41) is 33.7. The minimum absolute atomic E-state index is 0.0692. The van der Waals surface area contributed by atoms with Crippen LogP contribution in [0.5, 0.6) is 5.75 Å². The second kappa shape index (κ2) is 19.5. The average molecular weight is 748 g/mol. The van der Waals surface area contributed by atoms with Crippen molar-refractivity contribution in [2.75, 3.05) is 19.6 Å². The van der Waals surface area contributed by atoms with Gasteiger partial charge in [-0.25, -0.2) is 0 Å². The minimum Gasteiger partial charge on any atom is -0.508 e. The van der Waals surface area contributed by atoms with Crippen molar-refractivity contribution in [2.45, 2.75) is 68.4 Å². The Bertz CT molecular complexity index is 1730. The van der Waals surface area contributed by atoms with Crippen molar-refractivity contribution in [3.05, 3.63) is 77.9 Å².